The lowest BCUT2D eigenvalue weighted by molar-refractivity contribution is 0.0289. The number of aliphatic hydroxyl groups is 1. The molecule has 0 spiro atoms. The first-order chi connectivity index (χ1) is 7.76. The third-order valence-corrected chi connectivity index (χ3v) is 2.17. The number of hydrogen-bond acceptors (Lipinski definition) is 3. The minimum atomic E-state index is -0.465. The van der Waals surface area contributed by atoms with Crippen molar-refractivity contribution in [2.75, 3.05) is 13.6 Å². The van der Waals surface area contributed by atoms with E-state index in [2.05, 4.69) is 6.58 Å². The molecule has 0 bridgehead atoms. The van der Waals surface area contributed by atoms with Gasteiger partial charge in [-0.3, -0.25) is 0 Å². The topological polar surface area (TPSA) is 49.8 Å². The molecule has 0 fully saturated rings. The van der Waals surface area contributed by atoms with Crippen molar-refractivity contribution in [1.82, 2.24) is 4.90 Å². The smallest absolute Gasteiger partial charge is 0.410 e. The Kier molecular flexibility index (Phi) is 6.88. The van der Waals surface area contributed by atoms with E-state index in [1.165, 1.54) is 4.90 Å². The van der Waals surface area contributed by atoms with Gasteiger partial charge in [0.15, 0.2) is 0 Å². The quantitative estimate of drug-likeness (QED) is 0.729. The summed E-state index contributed by atoms with van der Waals surface area (Å²) in [5.74, 6) is 0. The second kappa shape index (κ2) is 7.33. The van der Waals surface area contributed by atoms with E-state index in [1.54, 1.807) is 13.1 Å². The molecular formula is C13H25NO3. The molecule has 0 saturated carbocycles. The molecule has 0 aliphatic carbocycles. The summed E-state index contributed by atoms with van der Waals surface area (Å²) in [6.07, 6.45) is 3.03. The summed E-state index contributed by atoms with van der Waals surface area (Å²) in [5.41, 5.74) is -0.465. The van der Waals surface area contributed by atoms with Gasteiger partial charge in [0.25, 0.3) is 0 Å². The molecular weight excluding hydrogens is 218 g/mol. The second-order valence-electron chi connectivity index (χ2n) is 5.22. The first-order valence-corrected chi connectivity index (χ1v) is 5.99. The number of aliphatic hydroxyl groups excluding tert-OH is 1. The van der Waals surface area contributed by atoms with Gasteiger partial charge in [-0.1, -0.05) is 6.08 Å². The van der Waals surface area contributed by atoms with E-state index < -0.39 is 5.60 Å². The van der Waals surface area contributed by atoms with Crippen molar-refractivity contribution < 1.29 is 14.6 Å². The number of carbonyl (C=O) groups is 1. The molecule has 0 aromatic carbocycles. The van der Waals surface area contributed by atoms with Crippen LogP contribution in [-0.4, -0.2) is 41.4 Å². The van der Waals surface area contributed by atoms with Crippen LogP contribution in [0.3, 0.4) is 0 Å². The van der Waals surface area contributed by atoms with Crippen molar-refractivity contribution in [2.45, 2.75) is 51.7 Å². The molecule has 4 heteroatoms. The van der Waals surface area contributed by atoms with Crippen LogP contribution in [-0.2, 0) is 4.74 Å². The van der Waals surface area contributed by atoms with Gasteiger partial charge in [-0.15, -0.1) is 6.58 Å². The van der Waals surface area contributed by atoms with Crippen LogP contribution in [0.2, 0.25) is 0 Å². The van der Waals surface area contributed by atoms with Crippen LogP contribution in [0.5, 0.6) is 0 Å². The zero-order valence-corrected chi connectivity index (χ0v) is 11.4. The van der Waals surface area contributed by atoms with Gasteiger partial charge in [0.2, 0.25) is 0 Å². The summed E-state index contributed by atoms with van der Waals surface area (Å²) in [6, 6.07) is 0. The van der Waals surface area contributed by atoms with E-state index in [-0.39, 0.29) is 12.2 Å². The molecule has 0 radical (unpaired) electrons. The maximum absolute atomic E-state index is 11.6. The van der Waals surface area contributed by atoms with Crippen LogP contribution in [0, 0.1) is 0 Å². The highest BCUT2D eigenvalue weighted by Crippen LogP contribution is 2.10. The van der Waals surface area contributed by atoms with Crippen molar-refractivity contribution in [1.29, 1.82) is 0 Å². The van der Waals surface area contributed by atoms with Crippen molar-refractivity contribution in [3.8, 4) is 0 Å². The van der Waals surface area contributed by atoms with E-state index in [1.807, 2.05) is 20.8 Å². The van der Waals surface area contributed by atoms with Gasteiger partial charge in [0.05, 0.1) is 6.10 Å². The molecule has 0 rings (SSSR count). The first kappa shape index (κ1) is 16.0. The van der Waals surface area contributed by atoms with Crippen LogP contribution in [0.15, 0.2) is 12.7 Å². The fraction of sp³-hybridized carbons (Fsp3) is 0.769. The second-order valence-corrected chi connectivity index (χ2v) is 5.22. The van der Waals surface area contributed by atoms with E-state index in [0.29, 0.717) is 19.4 Å². The average Bonchev–Trinajstić information content (AvgIpc) is 2.15. The summed E-state index contributed by atoms with van der Waals surface area (Å²) in [6.45, 7) is 9.67. The lowest BCUT2D eigenvalue weighted by Crippen LogP contribution is -2.34. The summed E-state index contributed by atoms with van der Waals surface area (Å²) < 4.78 is 5.21. The van der Waals surface area contributed by atoms with E-state index in [0.717, 1.165) is 6.42 Å². The standard InChI is InChI=1S/C13H25NO3/c1-6-8-11(15)9-7-10-14(5)12(16)17-13(2,3)4/h6,11,15H,1,7-10H2,2-5H3/t11-/m0/s1. The fourth-order valence-corrected chi connectivity index (χ4v) is 1.31. The van der Waals surface area contributed by atoms with Crippen LogP contribution in [0.4, 0.5) is 4.79 Å². The molecule has 100 valence electrons. The van der Waals surface area contributed by atoms with Crippen LogP contribution in [0.25, 0.3) is 0 Å². The fourth-order valence-electron chi connectivity index (χ4n) is 1.31. The van der Waals surface area contributed by atoms with E-state index >= 15 is 0 Å². The van der Waals surface area contributed by atoms with Crippen molar-refractivity contribution in [3.05, 3.63) is 12.7 Å². The van der Waals surface area contributed by atoms with Crippen molar-refractivity contribution in [2.24, 2.45) is 0 Å². The molecule has 1 amide bonds. The van der Waals surface area contributed by atoms with E-state index in [9.17, 15) is 9.90 Å². The Morgan fingerprint density at radius 3 is 2.59 bits per heavy atom. The van der Waals surface area contributed by atoms with Gasteiger partial charge >= 0.3 is 6.09 Å². The van der Waals surface area contributed by atoms with Gasteiger partial charge in [-0.2, -0.15) is 0 Å². The summed E-state index contributed by atoms with van der Waals surface area (Å²) >= 11 is 0. The molecule has 1 atom stereocenters. The van der Waals surface area contributed by atoms with Crippen molar-refractivity contribution >= 4 is 6.09 Å². The SMILES string of the molecule is C=CC[C@H](O)CCCN(C)C(=O)OC(C)(C)C. The Morgan fingerprint density at radius 2 is 2.12 bits per heavy atom. The van der Waals surface area contributed by atoms with Crippen LogP contribution in [0.1, 0.15) is 40.0 Å². The van der Waals surface area contributed by atoms with Crippen LogP contribution < -0.4 is 0 Å². The molecule has 0 unspecified atom stereocenters. The third-order valence-electron chi connectivity index (χ3n) is 2.17. The zero-order chi connectivity index (χ0) is 13.5. The zero-order valence-electron chi connectivity index (χ0n) is 11.4. The molecule has 0 heterocycles. The molecule has 4 nitrogen and oxygen atoms in total. The lowest BCUT2D eigenvalue weighted by atomic mass is 10.1. The maximum Gasteiger partial charge on any atom is 0.410 e. The van der Waals surface area contributed by atoms with Gasteiger partial charge in [-0.05, 0) is 40.0 Å². The molecule has 17 heavy (non-hydrogen) atoms. The molecule has 0 aliphatic heterocycles. The Hall–Kier alpha value is -1.03. The summed E-state index contributed by atoms with van der Waals surface area (Å²) in [7, 11) is 1.70. The number of nitrogens with zero attached hydrogens (tertiary/aromatic N) is 1. The number of carbonyl (C=O) groups excluding carboxylic acids is 1. The number of ether oxygens (including phenoxy) is 1. The average molecular weight is 243 g/mol. The van der Waals surface area contributed by atoms with Crippen LogP contribution >= 0.6 is 0 Å². The molecule has 0 aliphatic rings. The Morgan fingerprint density at radius 1 is 1.53 bits per heavy atom. The predicted octanol–water partition coefficient (Wildman–Crippen LogP) is 2.57. The predicted molar refractivity (Wildman–Crippen MR) is 68.9 cm³/mol. The Bertz CT molecular complexity index is 246. The Labute approximate surface area is 104 Å². The number of rotatable bonds is 6. The normalized spacial score (nSPS) is 13.0. The molecule has 0 aromatic rings. The Balaban J connectivity index is 3.82. The molecule has 0 aromatic heterocycles. The van der Waals surface area contributed by atoms with Gasteiger partial charge in [-0.25, -0.2) is 4.79 Å². The summed E-state index contributed by atoms with van der Waals surface area (Å²) in [4.78, 5) is 13.1. The van der Waals surface area contributed by atoms with Crippen molar-refractivity contribution in [3.63, 3.8) is 0 Å². The van der Waals surface area contributed by atoms with Gasteiger partial charge in [0.1, 0.15) is 5.60 Å². The van der Waals surface area contributed by atoms with Gasteiger partial charge in [0, 0.05) is 13.6 Å². The monoisotopic (exact) mass is 243 g/mol. The minimum absolute atomic E-state index is 0.323. The lowest BCUT2D eigenvalue weighted by Gasteiger charge is -2.24. The summed E-state index contributed by atoms with van der Waals surface area (Å²) in [5, 5.41) is 9.48. The first-order valence-electron chi connectivity index (χ1n) is 5.99. The third kappa shape index (κ3) is 8.74. The number of hydrogen-bond donors (Lipinski definition) is 1. The molecule has 1 N–H and O–H groups in total. The highest BCUT2D eigenvalue weighted by molar-refractivity contribution is 5.67. The van der Waals surface area contributed by atoms with E-state index in [4.69, 9.17) is 4.74 Å². The van der Waals surface area contributed by atoms with Gasteiger partial charge < -0.3 is 14.7 Å². The number of amides is 1. The molecule has 0 saturated heterocycles. The highest BCUT2D eigenvalue weighted by atomic mass is 16.6. The highest BCUT2D eigenvalue weighted by Gasteiger charge is 2.19. The maximum atomic E-state index is 11.6. The minimum Gasteiger partial charge on any atom is -0.444 e. The largest absolute Gasteiger partial charge is 0.444 e.